The van der Waals surface area contributed by atoms with Crippen molar-refractivity contribution in [2.45, 2.75) is 0 Å². The van der Waals surface area contributed by atoms with E-state index in [0.29, 0.717) is 0 Å². The fraction of sp³-hybridized carbons (Fsp3) is 0. The molecule has 0 fully saturated rings. The van der Waals surface area contributed by atoms with Gasteiger partial charge in [0.05, 0.1) is 0 Å². The van der Waals surface area contributed by atoms with Crippen molar-refractivity contribution < 1.29 is 26.9 Å². The second-order valence-electron chi connectivity index (χ2n) is 1.23. The summed E-state index contributed by atoms with van der Waals surface area (Å²) in [5.41, 5.74) is 0. The number of nitrogens with zero attached hydrogens (tertiary/aromatic N) is 1. The van der Waals surface area contributed by atoms with Crippen LogP contribution in [0.5, 0.6) is 0 Å². The van der Waals surface area contributed by atoms with Gasteiger partial charge in [-0.25, -0.2) is 4.98 Å². The van der Waals surface area contributed by atoms with Crippen molar-refractivity contribution in [1.82, 2.24) is 9.97 Å². The predicted octanol–water partition coefficient (Wildman–Crippen LogP) is -1.23. The van der Waals surface area contributed by atoms with Gasteiger partial charge in [-0.2, -0.15) is 0 Å². The number of carboxylic acid groups (broad SMARTS) is 1. The highest BCUT2D eigenvalue weighted by atomic mass is 79.9. The summed E-state index contributed by atoms with van der Waals surface area (Å²) >= 11 is 0. The standard InChI is InChI=1S/C4H4N2O2.Br/c7-4(8)3-5-1-2-6-3;/h1-2H,(H,5,6)(H,7,8);/q;+1/p-1. The Morgan fingerprint density at radius 3 is 2.67 bits per heavy atom. The van der Waals surface area contributed by atoms with Crippen LogP contribution < -0.4 is 5.11 Å². The first-order valence-corrected chi connectivity index (χ1v) is 2.01. The number of nitrogens with one attached hydrogen (secondary N) is 1. The fourth-order valence-electron chi connectivity index (χ4n) is 0.377. The number of halogens is 1. The summed E-state index contributed by atoms with van der Waals surface area (Å²) in [4.78, 5) is 15.6. The normalized spacial score (nSPS) is 8.00. The number of aromatic carboxylic acids is 1. The Balaban J connectivity index is 0.000000640. The number of carbonyl (C=O) groups excluding carboxylic acids is 1. The Bertz CT molecular complexity index is 184. The summed E-state index contributed by atoms with van der Waals surface area (Å²) in [5.74, 6) is -1.42. The van der Waals surface area contributed by atoms with Gasteiger partial charge < -0.3 is 14.9 Å². The maximum Gasteiger partial charge on any atom is 1.00 e. The Kier molecular flexibility index (Phi) is 2.94. The largest absolute Gasteiger partial charge is 1.00 e. The highest BCUT2D eigenvalue weighted by Gasteiger charge is 1.89. The second kappa shape index (κ2) is 3.24. The molecule has 1 N–H and O–H groups in total. The van der Waals surface area contributed by atoms with Crippen LogP contribution in [0, 0.1) is 17.0 Å². The molecule has 0 bridgehead atoms. The van der Waals surface area contributed by atoms with E-state index in [1.807, 2.05) is 0 Å². The van der Waals surface area contributed by atoms with E-state index in [-0.39, 0.29) is 22.8 Å². The number of imidazole rings is 1. The van der Waals surface area contributed by atoms with Gasteiger partial charge in [-0.15, -0.1) is 0 Å². The smallest absolute Gasteiger partial charge is 0.542 e. The zero-order valence-corrected chi connectivity index (χ0v) is 5.88. The third kappa shape index (κ3) is 1.85. The van der Waals surface area contributed by atoms with E-state index in [1.165, 1.54) is 12.4 Å². The lowest BCUT2D eigenvalue weighted by Gasteiger charge is -1.91. The van der Waals surface area contributed by atoms with Crippen molar-refractivity contribution in [1.29, 1.82) is 0 Å². The molecule has 1 heterocycles. The lowest BCUT2D eigenvalue weighted by atomic mass is 10.7. The maximum absolute atomic E-state index is 9.86. The van der Waals surface area contributed by atoms with Crippen LogP contribution in [0.1, 0.15) is 10.6 Å². The molecule has 0 unspecified atom stereocenters. The summed E-state index contributed by atoms with van der Waals surface area (Å²) < 4.78 is 0. The number of carboxylic acids is 1. The lowest BCUT2D eigenvalue weighted by molar-refractivity contribution is -0.256. The van der Waals surface area contributed by atoms with Crippen LogP contribution in [0.4, 0.5) is 0 Å². The number of carbonyl (C=O) groups is 1. The molecule has 0 aliphatic carbocycles. The number of aromatic nitrogens is 2. The molecule has 0 aromatic carbocycles. The molecule has 1 aromatic rings. The summed E-state index contributed by atoms with van der Waals surface area (Å²) in [6, 6.07) is 0. The first kappa shape index (κ1) is 8.16. The Morgan fingerprint density at radius 2 is 2.44 bits per heavy atom. The van der Waals surface area contributed by atoms with E-state index in [2.05, 4.69) is 9.97 Å². The maximum atomic E-state index is 9.86. The highest BCUT2D eigenvalue weighted by Crippen LogP contribution is 1.81. The van der Waals surface area contributed by atoms with Crippen LogP contribution >= 0.6 is 0 Å². The number of rotatable bonds is 1. The van der Waals surface area contributed by atoms with Crippen molar-refractivity contribution in [2.24, 2.45) is 0 Å². The molecule has 4 nitrogen and oxygen atoms in total. The van der Waals surface area contributed by atoms with Crippen LogP contribution in [0.15, 0.2) is 12.4 Å². The minimum Gasteiger partial charge on any atom is -0.542 e. The topological polar surface area (TPSA) is 68.8 Å². The fourth-order valence-corrected chi connectivity index (χ4v) is 0.377. The van der Waals surface area contributed by atoms with Crippen LogP contribution in [0.25, 0.3) is 0 Å². The van der Waals surface area contributed by atoms with E-state index >= 15 is 0 Å². The molecule has 0 aliphatic heterocycles. The lowest BCUT2D eigenvalue weighted by Crippen LogP contribution is -2.23. The van der Waals surface area contributed by atoms with Crippen molar-refractivity contribution in [2.75, 3.05) is 0 Å². The van der Waals surface area contributed by atoms with Crippen LogP contribution in [-0.4, -0.2) is 15.9 Å². The quantitative estimate of drug-likeness (QED) is 0.604. The average molecular weight is 191 g/mol. The highest BCUT2D eigenvalue weighted by molar-refractivity contribution is 5.80. The zero-order chi connectivity index (χ0) is 5.98. The summed E-state index contributed by atoms with van der Waals surface area (Å²) in [6.45, 7) is 0. The van der Waals surface area contributed by atoms with Crippen LogP contribution in [0.2, 0.25) is 0 Å². The molecule has 1 rings (SSSR count). The molecule has 0 aliphatic rings. The minimum absolute atomic E-state index is 0. The molecule has 5 heteroatoms. The molecule has 2 radical (unpaired) electrons. The van der Waals surface area contributed by atoms with Crippen molar-refractivity contribution in [3.8, 4) is 0 Å². The summed E-state index contributed by atoms with van der Waals surface area (Å²) in [6.07, 6.45) is 2.77. The number of hydrogen-bond donors (Lipinski definition) is 1. The molecular weight excluding hydrogens is 188 g/mol. The van der Waals surface area contributed by atoms with E-state index in [1.54, 1.807) is 0 Å². The number of H-pyrrole nitrogens is 1. The number of aromatic amines is 1. The molecule has 0 saturated carbocycles. The molecule has 9 heavy (non-hydrogen) atoms. The molecule has 48 valence electrons. The van der Waals surface area contributed by atoms with E-state index in [0.717, 1.165) is 0 Å². The summed E-state index contributed by atoms with van der Waals surface area (Å²) in [5, 5.41) is 9.86. The Morgan fingerprint density at radius 1 is 1.78 bits per heavy atom. The van der Waals surface area contributed by atoms with Gasteiger partial charge in [0, 0.05) is 12.4 Å². The van der Waals surface area contributed by atoms with Gasteiger partial charge in [0.25, 0.3) is 0 Å². The predicted molar refractivity (Wildman–Crippen MR) is 22.9 cm³/mol. The minimum atomic E-state index is -1.28. The molecule has 0 amide bonds. The molecular formula is C4H3BrN2O2. The van der Waals surface area contributed by atoms with Gasteiger partial charge in [0.2, 0.25) is 0 Å². The monoisotopic (exact) mass is 190 g/mol. The van der Waals surface area contributed by atoms with Gasteiger partial charge in [-0.1, -0.05) is 0 Å². The molecule has 0 spiro atoms. The van der Waals surface area contributed by atoms with Gasteiger partial charge in [-0.05, 0) is 0 Å². The second-order valence-corrected chi connectivity index (χ2v) is 1.23. The van der Waals surface area contributed by atoms with Gasteiger partial charge in [-0.3, -0.25) is 0 Å². The van der Waals surface area contributed by atoms with Crippen molar-refractivity contribution >= 4 is 5.97 Å². The van der Waals surface area contributed by atoms with E-state index in [9.17, 15) is 9.90 Å². The third-order valence-electron chi connectivity index (χ3n) is 0.692. The van der Waals surface area contributed by atoms with Crippen LogP contribution in [0.3, 0.4) is 0 Å². The van der Waals surface area contributed by atoms with Gasteiger partial charge in [0.15, 0.2) is 5.82 Å². The molecule has 1 aromatic heterocycles. The van der Waals surface area contributed by atoms with E-state index in [4.69, 9.17) is 0 Å². The van der Waals surface area contributed by atoms with Crippen LogP contribution in [-0.2, 0) is 0 Å². The average Bonchev–Trinajstić information content (AvgIpc) is 2.12. The number of hydrogen-bond acceptors (Lipinski definition) is 3. The first-order chi connectivity index (χ1) is 3.80. The Hall–Kier alpha value is -0.840. The van der Waals surface area contributed by atoms with Gasteiger partial charge >= 0.3 is 17.0 Å². The molecule has 0 saturated heterocycles. The Labute approximate surface area is 61.7 Å². The first-order valence-electron chi connectivity index (χ1n) is 2.01. The van der Waals surface area contributed by atoms with E-state index < -0.39 is 5.97 Å². The molecule has 0 atom stereocenters. The SMILES string of the molecule is O=C([O-])c1ncc[nH]1.[Br+]. The zero-order valence-electron chi connectivity index (χ0n) is 4.30. The third-order valence-corrected chi connectivity index (χ3v) is 0.692. The van der Waals surface area contributed by atoms with Crippen molar-refractivity contribution in [3.05, 3.63) is 18.2 Å². The van der Waals surface area contributed by atoms with Crippen molar-refractivity contribution in [3.63, 3.8) is 0 Å². The summed E-state index contributed by atoms with van der Waals surface area (Å²) in [7, 11) is 0. The van der Waals surface area contributed by atoms with Gasteiger partial charge in [0.1, 0.15) is 5.97 Å².